The molecule has 0 atom stereocenters. The van der Waals surface area contributed by atoms with Crippen LogP contribution in [-0.2, 0) is 0 Å². The van der Waals surface area contributed by atoms with Gasteiger partial charge in [-0.15, -0.1) is 0 Å². The summed E-state index contributed by atoms with van der Waals surface area (Å²) < 4.78 is 5.79. The fraction of sp³-hybridized carbons (Fsp3) is 0.667. The van der Waals surface area contributed by atoms with Crippen LogP contribution in [0.3, 0.4) is 0 Å². The van der Waals surface area contributed by atoms with Crippen molar-refractivity contribution in [3.63, 3.8) is 0 Å². The zero-order valence-electron chi connectivity index (χ0n) is 12.1. The summed E-state index contributed by atoms with van der Waals surface area (Å²) in [5.41, 5.74) is 0. The topological polar surface area (TPSA) is 21.3 Å². The molecule has 0 unspecified atom stereocenters. The second-order valence-electron chi connectivity index (χ2n) is 7.07. The minimum absolute atomic E-state index is 0.780. The highest BCUT2D eigenvalue weighted by atomic mass is 16.5. The number of ether oxygens (including phenoxy) is 1. The SMILES string of the molecule is c1ccc(OCCNC2C3CC4CC(C3)CC2C4)cc1. The Kier molecular flexibility index (Phi) is 3.43. The second-order valence-corrected chi connectivity index (χ2v) is 7.07. The average Bonchev–Trinajstić information content (AvgIpc) is 2.46. The fourth-order valence-corrected chi connectivity index (χ4v) is 5.17. The van der Waals surface area contributed by atoms with E-state index in [-0.39, 0.29) is 0 Å². The van der Waals surface area contributed by atoms with Crippen LogP contribution in [0.4, 0.5) is 0 Å². The molecule has 4 saturated carbocycles. The zero-order chi connectivity index (χ0) is 13.4. The van der Waals surface area contributed by atoms with Gasteiger partial charge in [0.15, 0.2) is 0 Å². The summed E-state index contributed by atoms with van der Waals surface area (Å²) >= 11 is 0. The number of hydrogen-bond acceptors (Lipinski definition) is 2. The Hall–Kier alpha value is -1.02. The van der Waals surface area contributed by atoms with Gasteiger partial charge in [0.25, 0.3) is 0 Å². The lowest BCUT2D eigenvalue weighted by Gasteiger charge is -2.54. The van der Waals surface area contributed by atoms with Gasteiger partial charge in [-0.3, -0.25) is 0 Å². The molecule has 2 nitrogen and oxygen atoms in total. The van der Waals surface area contributed by atoms with Gasteiger partial charge >= 0.3 is 0 Å². The normalized spacial score (nSPS) is 38.1. The lowest BCUT2D eigenvalue weighted by molar-refractivity contribution is -0.0143. The molecule has 4 bridgehead atoms. The van der Waals surface area contributed by atoms with E-state index in [1.54, 1.807) is 0 Å². The Morgan fingerprint density at radius 2 is 1.55 bits per heavy atom. The minimum Gasteiger partial charge on any atom is -0.492 e. The highest BCUT2D eigenvalue weighted by Gasteiger charge is 2.47. The van der Waals surface area contributed by atoms with E-state index in [2.05, 4.69) is 5.32 Å². The number of nitrogens with one attached hydrogen (secondary N) is 1. The standard InChI is InChI=1S/C18H25NO/c1-2-4-17(5-3-1)20-7-6-19-18-15-9-13-8-14(11-15)12-16(18)10-13/h1-5,13-16,18-19H,6-12H2. The van der Waals surface area contributed by atoms with Crippen molar-refractivity contribution >= 4 is 0 Å². The van der Waals surface area contributed by atoms with Crippen molar-refractivity contribution in [2.75, 3.05) is 13.2 Å². The molecule has 4 aliphatic carbocycles. The summed E-state index contributed by atoms with van der Waals surface area (Å²) in [6.07, 6.45) is 7.50. The van der Waals surface area contributed by atoms with Crippen molar-refractivity contribution in [3.05, 3.63) is 30.3 Å². The third kappa shape index (κ3) is 2.46. The van der Waals surface area contributed by atoms with Gasteiger partial charge in [-0.2, -0.15) is 0 Å². The summed E-state index contributed by atoms with van der Waals surface area (Å²) in [4.78, 5) is 0. The molecule has 0 heterocycles. The van der Waals surface area contributed by atoms with Gasteiger partial charge < -0.3 is 10.1 Å². The quantitative estimate of drug-likeness (QED) is 0.828. The van der Waals surface area contributed by atoms with E-state index < -0.39 is 0 Å². The predicted molar refractivity (Wildman–Crippen MR) is 80.8 cm³/mol. The summed E-state index contributed by atoms with van der Waals surface area (Å²) in [6.45, 7) is 1.77. The molecule has 0 spiro atoms. The van der Waals surface area contributed by atoms with Gasteiger partial charge in [-0.05, 0) is 67.9 Å². The van der Waals surface area contributed by atoms with E-state index in [0.717, 1.165) is 48.6 Å². The van der Waals surface area contributed by atoms with E-state index in [1.165, 1.54) is 32.1 Å². The van der Waals surface area contributed by atoms with Crippen LogP contribution in [0, 0.1) is 23.7 Å². The van der Waals surface area contributed by atoms with Crippen LogP contribution in [0.5, 0.6) is 5.75 Å². The van der Waals surface area contributed by atoms with Gasteiger partial charge in [0.05, 0.1) is 0 Å². The second kappa shape index (κ2) is 5.40. The molecule has 0 aromatic heterocycles. The Bertz CT molecular complexity index is 416. The van der Waals surface area contributed by atoms with E-state index in [4.69, 9.17) is 4.74 Å². The van der Waals surface area contributed by atoms with Gasteiger partial charge in [0.1, 0.15) is 12.4 Å². The highest BCUT2D eigenvalue weighted by molar-refractivity contribution is 5.20. The van der Waals surface area contributed by atoms with E-state index in [0.29, 0.717) is 0 Å². The molecule has 0 radical (unpaired) electrons. The first kappa shape index (κ1) is 12.7. The third-order valence-electron chi connectivity index (χ3n) is 5.72. The Balaban J connectivity index is 1.26. The number of benzene rings is 1. The van der Waals surface area contributed by atoms with Crippen LogP contribution in [0.2, 0.25) is 0 Å². The Morgan fingerprint density at radius 3 is 2.20 bits per heavy atom. The van der Waals surface area contributed by atoms with E-state index in [9.17, 15) is 0 Å². The first-order valence-electron chi connectivity index (χ1n) is 8.29. The lowest BCUT2D eigenvalue weighted by Crippen LogP contribution is -2.55. The number of para-hydroxylation sites is 1. The van der Waals surface area contributed by atoms with Crippen LogP contribution >= 0.6 is 0 Å². The van der Waals surface area contributed by atoms with Crippen LogP contribution in [0.15, 0.2) is 30.3 Å². The molecule has 5 rings (SSSR count). The molecule has 20 heavy (non-hydrogen) atoms. The number of hydrogen-bond donors (Lipinski definition) is 1. The highest BCUT2D eigenvalue weighted by Crippen LogP contribution is 2.53. The fourth-order valence-electron chi connectivity index (χ4n) is 5.17. The maximum Gasteiger partial charge on any atom is 0.119 e. The molecule has 0 amide bonds. The van der Waals surface area contributed by atoms with Crippen molar-refractivity contribution in [3.8, 4) is 5.75 Å². The summed E-state index contributed by atoms with van der Waals surface area (Å²) in [7, 11) is 0. The van der Waals surface area contributed by atoms with Crippen LogP contribution in [-0.4, -0.2) is 19.2 Å². The van der Waals surface area contributed by atoms with Crippen molar-refractivity contribution in [1.29, 1.82) is 0 Å². The Labute approximate surface area is 121 Å². The maximum atomic E-state index is 5.79. The van der Waals surface area contributed by atoms with Crippen molar-refractivity contribution in [2.24, 2.45) is 23.7 Å². The summed E-state index contributed by atoms with van der Waals surface area (Å²) in [5, 5.41) is 3.81. The predicted octanol–water partition coefficient (Wildman–Crippen LogP) is 3.48. The number of rotatable bonds is 5. The molecule has 4 aliphatic rings. The third-order valence-corrected chi connectivity index (χ3v) is 5.72. The van der Waals surface area contributed by atoms with Crippen LogP contribution < -0.4 is 10.1 Å². The van der Waals surface area contributed by atoms with Crippen LogP contribution in [0.1, 0.15) is 32.1 Å². The average molecular weight is 271 g/mol. The molecule has 1 aromatic carbocycles. The molecule has 1 N–H and O–H groups in total. The Morgan fingerprint density at radius 1 is 0.900 bits per heavy atom. The first-order chi connectivity index (χ1) is 9.88. The molecule has 4 fully saturated rings. The van der Waals surface area contributed by atoms with Gasteiger partial charge in [0.2, 0.25) is 0 Å². The van der Waals surface area contributed by atoms with Crippen molar-refractivity contribution < 1.29 is 4.74 Å². The van der Waals surface area contributed by atoms with Gasteiger partial charge in [0, 0.05) is 12.6 Å². The van der Waals surface area contributed by atoms with E-state index >= 15 is 0 Å². The smallest absolute Gasteiger partial charge is 0.119 e. The maximum absolute atomic E-state index is 5.79. The summed E-state index contributed by atoms with van der Waals surface area (Å²) in [5.74, 6) is 5.04. The minimum atomic E-state index is 0.780. The molecule has 108 valence electrons. The first-order valence-corrected chi connectivity index (χ1v) is 8.29. The van der Waals surface area contributed by atoms with Crippen molar-refractivity contribution in [1.82, 2.24) is 5.32 Å². The zero-order valence-corrected chi connectivity index (χ0v) is 12.1. The van der Waals surface area contributed by atoms with E-state index in [1.807, 2.05) is 30.3 Å². The molecule has 1 aromatic rings. The van der Waals surface area contributed by atoms with Gasteiger partial charge in [-0.1, -0.05) is 18.2 Å². The monoisotopic (exact) mass is 271 g/mol. The molecule has 0 aliphatic heterocycles. The largest absolute Gasteiger partial charge is 0.492 e. The van der Waals surface area contributed by atoms with Gasteiger partial charge in [-0.25, -0.2) is 0 Å². The van der Waals surface area contributed by atoms with Crippen molar-refractivity contribution in [2.45, 2.75) is 38.1 Å². The molecule has 2 heteroatoms. The summed E-state index contributed by atoms with van der Waals surface area (Å²) in [6, 6.07) is 10.9. The molecular weight excluding hydrogens is 246 g/mol. The molecule has 0 saturated heterocycles. The molecular formula is C18H25NO. The van der Waals surface area contributed by atoms with Crippen LogP contribution in [0.25, 0.3) is 0 Å². The lowest BCUT2D eigenvalue weighted by atomic mass is 9.54.